The molecule has 0 atom stereocenters. The van der Waals surface area contributed by atoms with E-state index in [1.807, 2.05) is 0 Å². The maximum Gasteiger partial charge on any atom is 1.00 e. The monoisotopic (exact) mass is 682 g/mol. The van der Waals surface area contributed by atoms with Crippen LogP contribution in [0.3, 0.4) is 0 Å². The fourth-order valence-electron chi connectivity index (χ4n) is 2.38. The number of hydrogen-bond donors (Lipinski definition) is 0. The third-order valence-electron chi connectivity index (χ3n) is 3.19. The Bertz CT molecular complexity index is 582. The molecule has 0 aromatic carbocycles. The Labute approximate surface area is 411 Å². The van der Waals surface area contributed by atoms with Crippen LogP contribution in [0, 0.1) is 0 Å². The molecule has 0 saturated carbocycles. The summed E-state index contributed by atoms with van der Waals surface area (Å²) >= 11 is 0. The van der Waals surface area contributed by atoms with Crippen LogP contribution in [0.25, 0.3) is 0 Å². The number of nitrogens with zero attached hydrogens (tertiary/aromatic N) is 2. The Kier molecular flexibility index (Phi) is 44.4. The Hall–Kier alpha value is 8.70. The summed E-state index contributed by atoms with van der Waals surface area (Å²) in [5, 5.41) is 0. The molecule has 33 heavy (non-hydrogen) atoms. The van der Waals surface area contributed by atoms with Gasteiger partial charge in [-0.1, -0.05) is 43.2 Å². The number of hydrogen-bond acceptors (Lipinski definition) is 14. The third-order valence-corrected chi connectivity index (χ3v) is 6.18. The van der Waals surface area contributed by atoms with Gasteiger partial charge in [0.25, 0.3) is 0 Å². The quantitative estimate of drug-likeness (QED) is 0.0883. The first-order chi connectivity index (χ1) is 12.4. The summed E-state index contributed by atoms with van der Waals surface area (Å²) in [6.07, 6.45) is -3.48. The molecule has 23 heteroatoms. The average molecular weight is 683 g/mol. The van der Waals surface area contributed by atoms with Gasteiger partial charge in [-0.25, -0.2) is 0 Å². The van der Waals surface area contributed by atoms with Crippen LogP contribution in [0.1, 0.15) is 30.0 Å². The first-order valence-electron chi connectivity index (χ1n) is 7.85. The van der Waals surface area contributed by atoms with Gasteiger partial charge >= 0.3 is 261 Å². The largest absolute Gasteiger partial charge is 1.00 e. The predicted molar refractivity (Wildman–Crippen MR) is 85.1 cm³/mol. The van der Waals surface area contributed by atoms with Crippen molar-refractivity contribution in [2.75, 3.05) is 38.2 Å². The molecule has 0 fully saturated rings. The summed E-state index contributed by atoms with van der Waals surface area (Å²) < 4.78 is 43.0. The first-order valence-corrected chi connectivity index (χ1v) is 14.8. The molecule has 0 radical (unpaired) electrons. The minimum atomic E-state index is -5.07. The summed E-state index contributed by atoms with van der Waals surface area (Å²) in [6.45, 7) is -0.363. The van der Waals surface area contributed by atoms with Crippen molar-refractivity contribution in [3.05, 3.63) is 0 Å². The van der Waals surface area contributed by atoms with Crippen LogP contribution in [0.2, 0.25) is 0 Å². The topological polar surface area (TPSA) is 259 Å². The molecule has 0 N–H and O–H groups in total. The van der Waals surface area contributed by atoms with Gasteiger partial charge < -0.3 is 57.4 Å². The Morgan fingerprint density at radius 2 is 0.606 bits per heavy atom. The summed E-state index contributed by atoms with van der Waals surface area (Å²) in [6, 6.07) is 0. The van der Waals surface area contributed by atoms with Crippen LogP contribution < -0.4 is 296 Å². The molecule has 170 valence electrons. The first kappa shape index (κ1) is 54.2. The number of rotatable bonds is 15. The Morgan fingerprint density at radius 1 is 0.424 bits per heavy atom. The van der Waals surface area contributed by atoms with Crippen LogP contribution in [-0.2, 0) is 18.3 Å². The van der Waals surface area contributed by atoms with Gasteiger partial charge in [0.1, 0.15) is 0 Å². The molecule has 0 rings (SSSR count). The van der Waals surface area contributed by atoms with E-state index in [0.29, 0.717) is 22.6 Å². The summed E-state index contributed by atoms with van der Waals surface area (Å²) in [5.74, 6) is 0. The molecule has 0 aromatic rings. The third kappa shape index (κ3) is 42.9. The Morgan fingerprint density at radius 3 is 0.758 bits per heavy atom. The van der Waals surface area contributed by atoms with Crippen LogP contribution in [0.15, 0.2) is 0 Å². The average Bonchev–Trinajstić information content (AvgIpc) is 2.34. The van der Waals surface area contributed by atoms with E-state index in [4.69, 9.17) is 0 Å². The van der Waals surface area contributed by atoms with Crippen LogP contribution in [-0.4, -0.2) is 48.0 Å². The van der Waals surface area contributed by atoms with E-state index >= 15 is 0 Å². The molecule has 0 aliphatic rings. The fourth-order valence-corrected chi connectivity index (χ4v) is 5.62. The van der Waals surface area contributed by atoms with Gasteiger partial charge in [-0.05, 0) is 25.9 Å². The van der Waals surface area contributed by atoms with E-state index in [1.165, 1.54) is 0 Å². The van der Waals surface area contributed by atoms with Gasteiger partial charge in [0.05, 0.1) is 0 Å². The molecule has 0 aromatic heterocycles. The number of unbranched alkanes of at least 4 members (excludes halogenated alkanes) is 3. The maximum atomic E-state index is 10.7. The zero-order valence-corrected chi connectivity index (χ0v) is 38.8. The Balaban J connectivity index is -0.000000130. The van der Waals surface area contributed by atoms with Gasteiger partial charge in [-0.2, -0.15) is 0 Å². The van der Waals surface area contributed by atoms with Crippen molar-refractivity contribution >= 4 is 30.4 Å². The standard InChI is InChI=1S/C10H28N2O12P4.5K/c13-25(14,15)7-11(8-26(16,17)18)5-3-1-2-4-6-12(9-27(19,20)21)10-28(22,23)24;;;;;/h1-10H2,(H2,13,14,15)(H2,16,17,18)(H2,19,20,21)(H2,22,23,24);;;;;/q;5*+1/p-5. The fraction of sp³-hybridized carbons (Fsp3) is 1.00. The van der Waals surface area contributed by atoms with Crippen molar-refractivity contribution < 1.29 is 319 Å². The predicted octanol–water partition coefficient (Wildman–Crippen LogP) is -20.0. The molecular formula is C10H23K5N2O12P4. The van der Waals surface area contributed by atoms with Gasteiger partial charge in [0.15, 0.2) is 0 Å². The molecule has 0 spiro atoms. The maximum absolute atomic E-state index is 10.7. The minimum absolute atomic E-state index is 0. The van der Waals surface area contributed by atoms with E-state index in [9.17, 15) is 57.4 Å². The van der Waals surface area contributed by atoms with E-state index in [0.717, 1.165) is 0 Å². The van der Waals surface area contributed by atoms with Crippen molar-refractivity contribution in [1.29, 1.82) is 0 Å². The van der Waals surface area contributed by atoms with Crippen LogP contribution in [0.5, 0.6) is 0 Å². The van der Waals surface area contributed by atoms with Crippen molar-refractivity contribution in [3.8, 4) is 0 Å². The molecular weight excluding hydrogens is 659 g/mol. The van der Waals surface area contributed by atoms with E-state index in [2.05, 4.69) is 0 Å². The molecule has 14 nitrogen and oxygen atoms in total. The molecule has 0 bridgehead atoms. The van der Waals surface area contributed by atoms with Gasteiger partial charge in [0, 0.05) is 25.1 Å². The molecule has 0 saturated heterocycles. The second-order valence-corrected chi connectivity index (χ2v) is 12.2. The van der Waals surface area contributed by atoms with E-state index in [1.54, 1.807) is 0 Å². The zero-order valence-electron chi connectivity index (χ0n) is 22.7. The molecule has 0 aliphatic heterocycles. The minimum Gasteiger partial charge on any atom is -0.810 e. The second-order valence-electron chi connectivity index (χ2n) is 6.21. The van der Waals surface area contributed by atoms with E-state index < -0.39 is 55.5 Å². The molecule has 0 heterocycles. The van der Waals surface area contributed by atoms with E-state index in [-0.39, 0.29) is 287 Å². The smallest absolute Gasteiger partial charge is 0.810 e. The van der Waals surface area contributed by atoms with Crippen LogP contribution >= 0.6 is 30.4 Å². The molecule has 0 amide bonds. The molecule has 0 aliphatic carbocycles. The van der Waals surface area contributed by atoms with Crippen molar-refractivity contribution in [3.63, 3.8) is 0 Å². The van der Waals surface area contributed by atoms with Crippen LogP contribution in [0.4, 0.5) is 0 Å². The second kappa shape index (κ2) is 27.0. The van der Waals surface area contributed by atoms with Gasteiger partial charge in [0.2, 0.25) is 0 Å². The summed E-state index contributed by atoms with van der Waals surface area (Å²) in [4.78, 5) is 87.4. The zero-order chi connectivity index (χ0) is 22.2. The normalized spacial score (nSPS) is 12.1. The summed E-state index contributed by atoms with van der Waals surface area (Å²) in [7, 11) is -20.3. The van der Waals surface area contributed by atoms with Crippen molar-refractivity contribution in [1.82, 2.24) is 9.80 Å². The van der Waals surface area contributed by atoms with Gasteiger partial charge in [-0.15, -0.1) is 0 Å². The van der Waals surface area contributed by atoms with Gasteiger partial charge in [-0.3, -0.25) is 9.80 Å². The SMILES string of the molecule is O=P([O-])([O-])CN(CCCCCCN(CP(=O)([O-])[O-])CP(=O)([O-])[O-])CP(=O)([O-])[O-].[H+].[H+].[H+].[K+].[K+].[K+].[K+].[K+]. The van der Waals surface area contributed by atoms with Crippen molar-refractivity contribution in [2.45, 2.75) is 25.7 Å². The summed E-state index contributed by atoms with van der Waals surface area (Å²) in [5.41, 5.74) is 0. The molecule has 0 unspecified atom stereocenters. The van der Waals surface area contributed by atoms with Crippen molar-refractivity contribution in [2.24, 2.45) is 0 Å².